The molecule has 3 rings (SSSR count). The highest BCUT2D eigenvalue weighted by Crippen LogP contribution is 2.22. The Morgan fingerprint density at radius 3 is 2.67 bits per heavy atom. The molecule has 0 aliphatic heterocycles. The summed E-state index contributed by atoms with van der Waals surface area (Å²) in [6.45, 7) is 1.71. The van der Waals surface area contributed by atoms with Gasteiger partial charge in [-0.3, -0.25) is 14.6 Å². The van der Waals surface area contributed by atoms with Gasteiger partial charge in [0.25, 0.3) is 5.91 Å². The summed E-state index contributed by atoms with van der Waals surface area (Å²) in [5.41, 5.74) is 2.24. The van der Waals surface area contributed by atoms with Gasteiger partial charge in [-0.1, -0.05) is 0 Å². The number of rotatable bonds is 7. The second kappa shape index (κ2) is 7.98. The van der Waals surface area contributed by atoms with Crippen molar-refractivity contribution in [1.82, 2.24) is 25.3 Å². The van der Waals surface area contributed by atoms with E-state index in [2.05, 4.69) is 25.3 Å². The van der Waals surface area contributed by atoms with E-state index in [0.29, 0.717) is 17.0 Å². The lowest BCUT2D eigenvalue weighted by molar-refractivity contribution is -0.0498. The summed E-state index contributed by atoms with van der Waals surface area (Å²) < 4.78 is 30.5. The highest BCUT2D eigenvalue weighted by Gasteiger charge is 2.16. The number of hydrogen-bond donors (Lipinski definition) is 2. The third-order valence-corrected chi connectivity index (χ3v) is 3.97. The van der Waals surface area contributed by atoms with Crippen LogP contribution in [0.4, 0.5) is 8.78 Å². The average molecular weight is 375 g/mol. The van der Waals surface area contributed by atoms with Crippen LogP contribution in [0.2, 0.25) is 0 Å². The molecular weight excluding hydrogens is 356 g/mol. The topological polar surface area (TPSA) is 84.8 Å². The molecule has 0 saturated carbocycles. The molecule has 0 spiro atoms. The van der Waals surface area contributed by atoms with Crippen molar-refractivity contribution in [3.05, 3.63) is 54.0 Å². The lowest BCUT2D eigenvalue weighted by atomic mass is 10.1. The van der Waals surface area contributed by atoms with Gasteiger partial charge in [-0.15, -0.1) is 0 Å². The van der Waals surface area contributed by atoms with Crippen LogP contribution >= 0.6 is 0 Å². The van der Waals surface area contributed by atoms with Crippen molar-refractivity contribution in [2.24, 2.45) is 0 Å². The molecule has 2 N–H and O–H groups in total. The van der Waals surface area contributed by atoms with Gasteiger partial charge in [-0.05, 0) is 50.2 Å². The number of nitrogens with zero attached hydrogens (tertiary/aromatic N) is 3. The summed E-state index contributed by atoms with van der Waals surface area (Å²) in [5, 5.41) is 14.0. The van der Waals surface area contributed by atoms with E-state index >= 15 is 0 Å². The summed E-state index contributed by atoms with van der Waals surface area (Å²) in [7, 11) is 0. The molecule has 142 valence electrons. The summed E-state index contributed by atoms with van der Waals surface area (Å²) >= 11 is 0. The third-order valence-electron chi connectivity index (χ3n) is 3.97. The molecule has 0 aliphatic carbocycles. The van der Waals surface area contributed by atoms with Gasteiger partial charge in [-0.2, -0.15) is 19.0 Å². The van der Waals surface area contributed by atoms with Crippen molar-refractivity contribution in [3.8, 4) is 17.0 Å². The van der Waals surface area contributed by atoms with E-state index in [0.717, 1.165) is 12.2 Å². The molecule has 1 atom stereocenters. The molecule has 9 heteroatoms. The molecule has 1 aromatic carbocycles. The van der Waals surface area contributed by atoms with Crippen molar-refractivity contribution in [2.45, 2.75) is 33.0 Å². The van der Waals surface area contributed by atoms with E-state index in [1.165, 1.54) is 12.1 Å². The van der Waals surface area contributed by atoms with Crippen LogP contribution in [0.25, 0.3) is 11.3 Å². The molecule has 2 aromatic heterocycles. The van der Waals surface area contributed by atoms with Gasteiger partial charge in [-0.25, -0.2) is 0 Å². The van der Waals surface area contributed by atoms with Crippen molar-refractivity contribution >= 4 is 5.91 Å². The van der Waals surface area contributed by atoms with E-state index in [9.17, 15) is 13.6 Å². The van der Waals surface area contributed by atoms with Gasteiger partial charge in [0, 0.05) is 18.3 Å². The largest absolute Gasteiger partial charge is 0.435 e. The number of H-pyrrole nitrogens is 1. The molecule has 0 saturated heterocycles. The number of ether oxygens (including phenoxy) is 1. The number of carbonyl (C=O) groups excluding carboxylic acids is 1. The third kappa shape index (κ3) is 4.49. The van der Waals surface area contributed by atoms with Crippen molar-refractivity contribution < 1.29 is 18.3 Å². The highest BCUT2D eigenvalue weighted by atomic mass is 19.3. The number of halogens is 2. The predicted molar refractivity (Wildman–Crippen MR) is 94.4 cm³/mol. The smallest absolute Gasteiger partial charge is 0.387 e. The summed E-state index contributed by atoms with van der Waals surface area (Å²) in [4.78, 5) is 12.4. The van der Waals surface area contributed by atoms with Gasteiger partial charge in [0.15, 0.2) is 0 Å². The molecule has 0 fully saturated rings. The van der Waals surface area contributed by atoms with Crippen LogP contribution < -0.4 is 10.1 Å². The molecule has 0 bridgehead atoms. The SMILES string of the molecule is CCn1ccc(C(C)NC(=O)c2cc(-c3ccc(OC(F)F)cc3)n[nH]2)n1. The minimum atomic E-state index is -2.87. The first-order chi connectivity index (χ1) is 13.0. The van der Waals surface area contributed by atoms with Gasteiger partial charge in [0.05, 0.1) is 17.4 Å². The van der Waals surface area contributed by atoms with Crippen LogP contribution in [0.5, 0.6) is 5.75 Å². The molecule has 27 heavy (non-hydrogen) atoms. The predicted octanol–water partition coefficient (Wildman–Crippen LogP) is 3.39. The minimum absolute atomic E-state index is 0.0580. The van der Waals surface area contributed by atoms with Gasteiger partial charge in [0.2, 0.25) is 0 Å². The van der Waals surface area contributed by atoms with Gasteiger partial charge >= 0.3 is 6.61 Å². The standard InChI is InChI=1S/C18H19F2N5O2/c1-3-25-9-8-14(24-25)11(2)21-17(26)16-10-15(22-23-16)12-4-6-13(7-5-12)27-18(19)20/h4-11,18H,3H2,1-2H3,(H,21,26)(H,22,23). The van der Waals surface area contributed by atoms with Gasteiger partial charge in [0.1, 0.15) is 11.4 Å². The highest BCUT2D eigenvalue weighted by molar-refractivity contribution is 5.93. The van der Waals surface area contributed by atoms with Crippen molar-refractivity contribution in [2.75, 3.05) is 0 Å². The first-order valence-electron chi connectivity index (χ1n) is 8.41. The van der Waals surface area contributed by atoms with Crippen LogP contribution in [0.3, 0.4) is 0 Å². The number of aryl methyl sites for hydroxylation is 1. The maximum atomic E-state index is 12.4. The van der Waals surface area contributed by atoms with Crippen molar-refractivity contribution in [1.29, 1.82) is 0 Å². The van der Waals surface area contributed by atoms with Crippen LogP contribution in [-0.4, -0.2) is 32.5 Å². The Hall–Kier alpha value is -3.23. The number of benzene rings is 1. The summed E-state index contributed by atoms with van der Waals surface area (Å²) in [6.07, 6.45) is 1.85. The Morgan fingerprint density at radius 1 is 1.30 bits per heavy atom. The number of alkyl halides is 2. The Bertz CT molecular complexity index is 905. The van der Waals surface area contributed by atoms with Crippen LogP contribution in [0, 0.1) is 0 Å². The normalized spacial score (nSPS) is 12.2. The fourth-order valence-corrected chi connectivity index (χ4v) is 2.53. The monoisotopic (exact) mass is 375 g/mol. The molecule has 1 amide bonds. The Morgan fingerprint density at radius 2 is 2.04 bits per heavy atom. The molecular formula is C18H19F2N5O2. The van der Waals surface area contributed by atoms with E-state index < -0.39 is 6.61 Å². The van der Waals surface area contributed by atoms with E-state index in [-0.39, 0.29) is 17.7 Å². The first-order valence-corrected chi connectivity index (χ1v) is 8.41. The number of nitrogens with one attached hydrogen (secondary N) is 2. The molecule has 7 nitrogen and oxygen atoms in total. The number of amides is 1. The summed E-state index contributed by atoms with van der Waals surface area (Å²) in [6, 6.07) is 9.21. The number of hydrogen-bond acceptors (Lipinski definition) is 4. The van der Waals surface area contributed by atoms with Crippen molar-refractivity contribution in [3.63, 3.8) is 0 Å². The average Bonchev–Trinajstić information content (AvgIpc) is 3.31. The quantitative estimate of drug-likeness (QED) is 0.663. The zero-order valence-electron chi connectivity index (χ0n) is 14.8. The minimum Gasteiger partial charge on any atom is -0.435 e. The first kappa shape index (κ1) is 18.6. The van der Waals surface area contributed by atoms with Crippen LogP contribution in [0.15, 0.2) is 42.6 Å². The van der Waals surface area contributed by atoms with Crippen LogP contribution in [0.1, 0.15) is 36.1 Å². The molecule has 3 aromatic rings. The van der Waals surface area contributed by atoms with E-state index in [1.807, 2.05) is 26.1 Å². The van der Waals surface area contributed by atoms with Gasteiger partial charge < -0.3 is 10.1 Å². The molecule has 0 radical (unpaired) electrons. The lowest BCUT2D eigenvalue weighted by Crippen LogP contribution is -2.27. The Balaban J connectivity index is 1.66. The number of aromatic amines is 1. The maximum absolute atomic E-state index is 12.4. The second-order valence-corrected chi connectivity index (χ2v) is 5.86. The maximum Gasteiger partial charge on any atom is 0.387 e. The zero-order valence-corrected chi connectivity index (χ0v) is 14.8. The second-order valence-electron chi connectivity index (χ2n) is 5.86. The molecule has 2 heterocycles. The summed E-state index contributed by atoms with van der Waals surface area (Å²) in [5.74, 6) is -0.257. The molecule has 1 unspecified atom stereocenters. The van der Waals surface area contributed by atoms with Crippen LogP contribution in [-0.2, 0) is 6.54 Å². The fourth-order valence-electron chi connectivity index (χ4n) is 2.53. The number of carbonyl (C=O) groups is 1. The Labute approximate surface area is 154 Å². The zero-order chi connectivity index (χ0) is 19.4. The number of aromatic nitrogens is 4. The molecule has 0 aliphatic rings. The lowest BCUT2D eigenvalue weighted by Gasteiger charge is -2.10. The Kier molecular flexibility index (Phi) is 5.49. The van der Waals surface area contributed by atoms with E-state index in [1.54, 1.807) is 22.9 Å². The van der Waals surface area contributed by atoms with E-state index in [4.69, 9.17) is 0 Å². The fraction of sp³-hybridized carbons (Fsp3) is 0.278.